The molecule has 0 saturated carbocycles. The minimum atomic E-state index is -5.08. The van der Waals surface area contributed by atoms with Crippen LogP contribution in [0.4, 0.5) is 18.9 Å². The molecule has 2 atom stereocenters. The van der Waals surface area contributed by atoms with Crippen molar-refractivity contribution in [1.29, 1.82) is 0 Å². The van der Waals surface area contributed by atoms with Crippen molar-refractivity contribution in [2.45, 2.75) is 31.1 Å². The summed E-state index contributed by atoms with van der Waals surface area (Å²) < 4.78 is 31.7. The first-order chi connectivity index (χ1) is 13.7. The summed E-state index contributed by atoms with van der Waals surface area (Å²) >= 11 is 1.58. The monoisotopic (exact) mass is 427 g/mol. The fourth-order valence-corrected chi connectivity index (χ4v) is 4.11. The molecule has 2 amide bonds. The number of alkyl halides is 3. The predicted octanol–water partition coefficient (Wildman–Crippen LogP) is 2.80. The summed E-state index contributed by atoms with van der Waals surface area (Å²) in [5.41, 5.74) is 1.54. The number of halogens is 3. The van der Waals surface area contributed by atoms with Crippen LogP contribution in [0.25, 0.3) is 0 Å². The average molecular weight is 427 g/mol. The van der Waals surface area contributed by atoms with Crippen molar-refractivity contribution < 1.29 is 32.7 Å². The molecule has 2 aromatic heterocycles. The van der Waals surface area contributed by atoms with E-state index in [1.807, 2.05) is 26.6 Å². The van der Waals surface area contributed by atoms with Gasteiger partial charge in [0.25, 0.3) is 5.91 Å². The fraction of sp³-hybridized carbons (Fsp3) is 0.333. The normalized spacial score (nSPS) is 20.9. The number of carboxylic acid groups (broad SMARTS) is 1. The van der Waals surface area contributed by atoms with E-state index in [0.717, 1.165) is 12.1 Å². The molecule has 2 aliphatic rings. The van der Waals surface area contributed by atoms with Gasteiger partial charge in [0, 0.05) is 30.7 Å². The molecule has 0 bridgehead atoms. The van der Waals surface area contributed by atoms with Crippen molar-refractivity contribution in [2.24, 2.45) is 0 Å². The second-order valence-electron chi connectivity index (χ2n) is 6.42. The van der Waals surface area contributed by atoms with Gasteiger partial charge in [-0.3, -0.25) is 14.6 Å². The lowest BCUT2D eigenvalue weighted by Gasteiger charge is -2.24. The van der Waals surface area contributed by atoms with Gasteiger partial charge in [-0.1, -0.05) is 0 Å². The Kier molecular flexibility index (Phi) is 5.87. The molecule has 0 spiro atoms. The molecule has 2 aliphatic heterocycles. The molecule has 1 N–H and O–H groups in total. The zero-order valence-corrected chi connectivity index (χ0v) is 15.7. The van der Waals surface area contributed by atoms with Crippen molar-refractivity contribution >= 4 is 34.8 Å². The Hall–Kier alpha value is -2.95. The van der Waals surface area contributed by atoms with Crippen molar-refractivity contribution in [1.82, 2.24) is 9.88 Å². The molecule has 4 rings (SSSR count). The molecule has 2 aromatic rings. The quantitative estimate of drug-likeness (QED) is 0.796. The molecule has 7 nitrogen and oxygen atoms in total. The maximum Gasteiger partial charge on any atom is 0.490 e. The Balaban J connectivity index is 0.000000298. The van der Waals surface area contributed by atoms with E-state index >= 15 is 0 Å². The lowest BCUT2D eigenvalue weighted by Crippen LogP contribution is -2.39. The van der Waals surface area contributed by atoms with Crippen LogP contribution in [0.1, 0.15) is 23.2 Å². The molecule has 0 aromatic carbocycles. The highest BCUT2D eigenvalue weighted by Crippen LogP contribution is 2.37. The fourth-order valence-electron chi connectivity index (χ4n) is 3.48. The molecule has 0 unspecified atom stereocenters. The van der Waals surface area contributed by atoms with E-state index in [9.17, 15) is 22.8 Å². The van der Waals surface area contributed by atoms with Crippen molar-refractivity contribution in [3.8, 4) is 0 Å². The Labute approximate surface area is 167 Å². The first-order valence-corrected chi connectivity index (χ1v) is 9.50. The van der Waals surface area contributed by atoms with Gasteiger partial charge in [-0.05, 0) is 30.0 Å². The number of rotatable bonds is 2. The van der Waals surface area contributed by atoms with Crippen LogP contribution in [0.15, 0.2) is 41.4 Å². The van der Waals surface area contributed by atoms with Gasteiger partial charge in [0.2, 0.25) is 5.91 Å². The van der Waals surface area contributed by atoms with Crippen LogP contribution in [0.2, 0.25) is 0 Å². The number of amides is 2. The van der Waals surface area contributed by atoms with Crippen LogP contribution in [0.5, 0.6) is 0 Å². The highest BCUT2D eigenvalue weighted by molar-refractivity contribution is 7.08. The first kappa shape index (κ1) is 20.8. The first-order valence-electron chi connectivity index (χ1n) is 8.55. The number of fused-ring (bicyclic) bond motifs is 1. The lowest BCUT2D eigenvalue weighted by molar-refractivity contribution is -0.192. The van der Waals surface area contributed by atoms with Crippen molar-refractivity contribution in [3.63, 3.8) is 0 Å². The zero-order chi connectivity index (χ0) is 21.2. The summed E-state index contributed by atoms with van der Waals surface area (Å²) in [7, 11) is 0. The van der Waals surface area contributed by atoms with Gasteiger partial charge >= 0.3 is 12.1 Å². The third-order valence-electron chi connectivity index (χ3n) is 4.69. The summed E-state index contributed by atoms with van der Waals surface area (Å²) in [6.07, 6.45) is -0.602. The number of hydrogen-bond acceptors (Lipinski definition) is 5. The smallest absolute Gasteiger partial charge is 0.475 e. The van der Waals surface area contributed by atoms with E-state index < -0.39 is 12.1 Å². The average Bonchev–Trinajstić information content (AvgIpc) is 3.38. The van der Waals surface area contributed by atoms with Gasteiger partial charge in [0.05, 0.1) is 23.3 Å². The number of likely N-dealkylation sites (tertiary alicyclic amines) is 1. The van der Waals surface area contributed by atoms with Gasteiger partial charge in [-0.25, -0.2) is 4.79 Å². The van der Waals surface area contributed by atoms with Crippen LogP contribution in [0.3, 0.4) is 0 Å². The number of nitrogens with zero attached hydrogens (tertiary/aromatic N) is 3. The van der Waals surface area contributed by atoms with Crippen LogP contribution >= 0.6 is 11.3 Å². The molecular formula is C18H16F3N3O4S. The van der Waals surface area contributed by atoms with Gasteiger partial charge in [0.1, 0.15) is 0 Å². The molecule has 11 heteroatoms. The predicted molar refractivity (Wildman–Crippen MR) is 97.6 cm³/mol. The van der Waals surface area contributed by atoms with E-state index in [4.69, 9.17) is 9.90 Å². The minimum Gasteiger partial charge on any atom is -0.475 e. The summed E-state index contributed by atoms with van der Waals surface area (Å²) in [6.45, 7) is 0.691. The van der Waals surface area contributed by atoms with Crippen LogP contribution in [0, 0.1) is 0 Å². The van der Waals surface area contributed by atoms with Crippen LogP contribution < -0.4 is 4.90 Å². The maximum atomic E-state index is 12.6. The molecule has 0 radical (unpaired) electrons. The summed E-state index contributed by atoms with van der Waals surface area (Å²) in [4.78, 5) is 41.6. The SMILES string of the molecule is O=C(O)C(F)(F)F.O=C(c1cccnc1)N1CC[C@H]2[C@H]1CC(=O)N2c1ccsc1. The largest absolute Gasteiger partial charge is 0.490 e. The molecular weight excluding hydrogens is 411 g/mol. The van der Waals surface area contributed by atoms with E-state index in [0.29, 0.717) is 18.5 Å². The number of hydrogen-bond donors (Lipinski definition) is 1. The van der Waals surface area contributed by atoms with Gasteiger partial charge in [-0.2, -0.15) is 24.5 Å². The van der Waals surface area contributed by atoms with E-state index in [-0.39, 0.29) is 23.9 Å². The molecule has 154 valence electrons. The minimum absolute atomic E-state index is 0.0273. The van der Waals surface area contributed by atoms with E-state index in [1.165, 1.54) is 0 Å². The number of carboxylic acids is 1. The zero-order valence-electron chi connectivity index (χ0n) is 14.9. The molecule has 2 saturated heterocycles. The Morgan fingerprint density at radius 1 is 1.24 bits per heavy atom. The number of aliphatic carboxylic acids is 1. The topological polar surface area (TPSA) is 90.8 Å². The maximum absolute atomic E-state index is 12.6. The molecule has 29 heavy (non-hydrogen) atoms. The number of carbonyl (C=O) groups excluding carboxylic acids is 2. The number of aromatic nitrogens is 1. The van der Waals surface area contributed by atoms with Gasteiger partial charge in [-0.15, -0.1) is 0 Å². The second-order valence-corrected chi connectivity index (χ2v) is 7.20. The summed E-state index contributed by atoms with van der Waals surface area (Å²) in [5.74, 6) is -2.68. The second kappa shape index (κ2) is 8.19. The third kappa shape index (κ3) is 4.39. The Bertz CT molecular complexity index is 890. The summed E-state index contributed by atoms with van der Waals surface area (Å²) in [5, 5.41) is 11.1. The highest BCUT2D eigenvalue weighted by Gasteiger charge is 2.49. The van der Waals surface area contributed by atoms with Gasteiger partial charge < -0.3 is 14.9 Å². The number of carbonyl (C=O) groups is 3. The standard InChI is InChI=1S/C16H15N3O2S.C2HF3O2/c20-15-8-14-13(19(15)12-4-7-22-10-12)3-6-18(14)16(21)11-2-1-5-17-9-11;3-2(4,5)1(6)7/h1-2,4-5,7,9-10,13-14H,3,6,8H2;(H,6,7)/t13-,14+;/m0./s1. The molecule has 4 heterocycles. The Morgan fingerprint density at radius 2 is 1.97 bits per heavy atom. The highest BCUT2D eigenvalue weighted by atomic mass is 32.1. The number of pyridine rings is 1. The van der Waals surface area contributed by atoms with Crippen LogP contribution in [-0.2, 0) is 9.59 Å². The van der Waals surface area contributed by atoms with Crippen molar-refractivity contribution in [2.75, 3.05) is 11.4 Å². The molecule has 2 fully saturated rings. The van der Waals surface area contributed by atoms with E-state index in [2.05, 4.69) is 4.98 Å². The summed E-state index contributed by atoms with van der Waals surface area (Å²) in [6, 6.07) is 5.58. The van der Waals surface area contributed by atoms with Gasteiger partial charge in [0.15, 0.2) is 0 Å². The third-order valence-corrected chi connectivity index (χ3v) is 5.36. The van der Waals surface area contributed by atoms with E-state index in [1.54, 1.807) is 35.9 Å². The van der Waals surface area contributed by atoms with Crippen molar-refractivity contribution in [3.05, 3.63) is 46.9 Å². The number of thiophene rings is 1. The van der Waals surface area contributed by atoms with Crippen LogP contribution in [-0.4, -0.2) is 57.6 Å². The number of anilines is 1. The molecule has 0 aliphatic carbocycles. The lowest BCUT2D eigenvalue weighted by atomic mass is 10.1. The Morgan fingerprint density at radius 3 is 2.52 bits per heavy atom.